The minimum absolute atomic E-state index is 0.0845. The zero-order valence-corrected chi connectivity index (χ0v) is 8.64. The van der Waals surface area contributed by atoms with Crippen LogP contribution in [0, 0.1) is 5.21 Å². The van der Waals surface area contributed by atoms with Crippen LogP contribution in [-0.2, 0) is 4.79 Å². The van der Waals surface area contributed by atoms with E-state index < -0.39 is 0 Å². The van der Waals surface area contributed by atoms with E-state index in [9.17, 15) is 10.0 Å². The molecule has 0 bridgehead atoms. The maximum absolute atomic E-state index is 11.8. The molecule has 0 aliphatic carbocycles. The SMILES string of the molecule is CC1CN(C)C(=O)C(c2ccco2)=[N+]1[O-]. The molecule has 2 rings (SSSR count). The molecule has 0 N–H and O–H groups in total. The minimum atomic E-state index is -0.293. The first-order valence-electron chi connectivity index (χ1n) is 4.74. The second kappa shape index (κ2) is 3.42. The van der Waals surface area contributed by atoms with Crippen molar-refractivity contribution >= 4 is 11.6 Å². The lowest BCUT2D eigenvalue weighted by molar-refractivity contribution is -0.499. The average Bonchev–Trinajstić information content (AvgIpc) is 2.69. The van der Waals surface area contributed by atoms with E-state index in [0.29, 0.717) is 12.3 Å². The lowest BCUT2D eigenvalue weighted by Gasteiger charge is -2.26. The molecule has 0 saturated heterocycles. The number of carbonyl (C=O) groups excluding carboxylic acids is 1. The number of carbonyl (C=O) groups is 1. The quantitative estimate of drug-likeness (QED) is 0.497. The molecule has 1 unspecified atom stereocenters. The van der Waals surface area contributed by atoms with Crippen molar-refractivity contribution < 1.29 is 14.0 Å². The number of hydrogen-bond donors (Lipinski definition) is 0. The Kier molecular flexibility index (Phi) is 2.22. The molecular weight excluding hydrogens is 196 g/mol. The summed E-state index contributed by atoms with van der Waals surface area (Å²) in [5.74, 6) is 0.0338. The van der Waals surface area contributed by atoms with E-state index in [1.165, 1.54) is 11.2 Å². The number of furan rings is 1. The molecule has 5 nitrogen and oxygen atoms in total. The number of likely N-dealkylation sites (N-methyl/N-ethyl adjacent to an activating group) is 1. The van der Waals surface area contributed by atoms with Gasteiger partial charge in [0.2, 0.25) is 5.76 Å². The van der Waals surface area contributed by atoms with E-state index in [4.69, 9.17) is 4.42 Å². The summed E-state index contributed by atoms with van der Waals surface area (Å²) in [5, 5.41) is 11.8. The Morgan fingerprint density at radius 1 is 1.67 bits per heavy atom. The summed E-state index contributed by atoms with van der Waals surface area (Å²) in [5.41, 5.74) is 0.0845. The third kappa shape index (κ3) is 1.49. The Labute approximate surface area is 87.2 Å². The first kappa shape index (κ1) is 9.76. The number of rotatable bonds is 1. The summed E-state index contributed by atoms with van der Waals surface area (Å²) in [6.45, 7) is 2.21. The van der Waals surface area contributed by atoms with Gasteiger partial charge in [-0.1, -0.05) is 0 Å². The van der Waals surface area contributed by atoms with Crippen molar-refractivity contribution in [3.63, 3.8) is 0 Å². The highest BCUT2D eigenvalue weighted by atomic mass is 16.5. The lowest BCUT2D eigenvalue weighted by atomic mass is 10.1. The van der Waals surface area contributed by atoms with Crippen molar-refractivity contribution in [2.45, 2.75) is 13.0 Å². The van der Waals surface area contributed by atoms with Crippen LogP contribution in [0.3, 0.4) is 0 Å². The maximum Gasteiger partial charge on any atom is 0.323 e. The molecule has 1 aliphatic heterocycles. The molecule has 1 aliphatic rings. The van der Waals surface area contributed by atoms with Gasteiger partial charge in [0.1, 0.15) is 0 Å². The predicted molar refractivity (Wildman–Crippen MR) is 53.5 cm³/mol. The van der Waals surface area contributed by atoms with Crippen LogP contribution in [0.2, 0.25) is 0 Å². The molecule has 5 heteroatoms. The van der Waals surface area contributed by atoms with E-state index in [-0.39, 0.29) is 17.7 Å². The second-order valence-electron chi connectivity index (χ2n) is 3.69. The maximum atomic E-state index is 11.8. The van der Waals surface area contributed by atoms with E-state index >= 15 is 0 Å². The highest BCUT2D eigenvalue weighted by molar-refractivity contribution is 6.42. The van der Waals surface area contributed by atoms with Crippen LogP contribution in [0.15, 0.2) is 22.8 Å². The third-order valence-corrected chi connectivity index (χ3v) is 2.46. The summed E-state index contributed by atoms with van der Waals surface area (Å²) >= 11 is 0. The third-order valence-electron chi connectivity index (χ3n) is 2.46. The van der Waals surface area contributed by atoms with Crippen LogP contribution in [0.4, 0.5) is 0 Å². The van der Waals surface area contributed by atoms with Gasteiger partial charge in [0.15, 0.2) is 6.04 Å². The number of nitrogens with zero attached hydrogens (tertiary/aromatic N) is 2. The molecule has 1 aromatic heterocycles. The molecule has 1 aromatic rings. The van der Waals surface area contributed by atoms with Crippen LogP contribution >= 0.6 is 0 Å². The van der Waals surface area contributed by atoms with Gasteiger partial charge >= 0.3 is 11.6 Å². The summed E-state index contributed by atoms with van der Waals surface area (Å²) in [6, 6.07) is 3.03. The fraction of sp³-hybridized carbons (Fsp3) is 0.400. The van der Waals surface area contributed by atoms with Crippen molar-refractivity contribution in [1.29, 1.82) is 0 Å². The van der Waals surface area contributed by atoms with Crippen molar-refractivity contribution in [1.82, 2.24) is 4.90 Å². The minimum Gasteiger partial charge on any atom is -0.623 e. The van der Waals surface area contributed by atoms with Crippen LogP contribution in [0.1, 0.15) is 12.7 Å². The van der Waals surface area contributed by atoms with Crippen LogP contribution < -0.4 is 0 Å². The molecule has 80 valence electrons. The fourth-order valence-corrected chi connectivity index (χ4v) is 1.68. The summed E-state index contributed by atoms with van der Waals surface area (Å²) in [7, 11) is 1.68. The first-order valence-corrected chi connectivity index (χ1v) is 4.74. The smallest absolute Gasteiger partial charge is 0.323 e. The highest BCUT2D eigenvalue weighted by Crippen LogP contribution is 2.11. The molecule has 0 saturated carbocycles. The summed E-state index contributed by atoms with van der Waals surface area (Å²) < 4.78 is 5.81. The van der Waals surface area contributed by atoms with Crippen LogP contribution in [0.5, 0.6) is 0 Å². The van der Waals surface area contributed by atoms with Gasteiger partial charge in [-0.25, -0.2) is 0 Å². The van der Waals surface area contributed by atoms with Gasteiger partial charge in [-0.2, -0.15) is 4.74 Å². The zero-order chi connectivity index (χ0) is 11.0. The van der Waals surface area contributed by atoms with Crippen molar-refractivity contribution in [3.8, 4) is 0 Å². The van der Waals surface area contributed by atoms with E-state index in [1.807, 2.05) is 0 Å². The first-order chi connectivity index (χ1) is 7.11. The van der Waals surface area contributed by atoms with Crippen molar-refractivity contribution in [3.05, 3.63) is 29.4 Å². The van der Waals surface area contributed by atoms with Gasteiger partial charge < -0.3 is 14.5 Å². The monoisotopic (exact) mass is 208 g/mol. The molecule has 1 amide bonds. The Morgan fingerprint density at radius 3 is 3.00 bits per heavy atom. The van der Waals surface area contributed by atoms with E-state index in [2.05, 4.69) is 0 Å². The summed E-state index contributed by atoms with van der Waals surface area (Å²) in [4.78, 5) is 13.3. The molecule has 0 spiro atoms. The van der Waals surface area contributed by atoms with Crippen LogP contribution in [-0.4, -0.2) is 40.9 Å². The van der Waals surface area contributed by atoms with Gasteiger partial charge in [0, 0.05) is 14.0 Å². The van der Waals surface area contributed by atoms with Gasteiger partial charge in [-0.05, 0) is 12.1 Å². The molecular formula is C10H12N2O3. The normalized spacial score (nSPS) is 22.4. The molecule has 15 heavy (non-hydrogen) atoms. The average molecular weight is 208 g/mol. The van der Waals surface area contributed by atoms with Crippen LogP contribution in [0.25, 0.3) is 0 Å². The zero-order valence-electron chi connectivity index (χ0n) is 8.64. The lowest BCUT2D eigenvalue weighted by Crippen LogP contribution is -2.50. The topological polar surface area (TPSA) is 59.5 Å². The Hall–Kier alpha value is -1.78. The molecule has 0 aromatic carbocycles. The van der Waals surface area contributed by atoms with Gasteiger partial charge in [0.05, 0.1) is 12.8 Å². The fourth-order valence-electron chi connectivity index (χ4n) is 1.68. The Balaban J connectivity index is 2.51. The van der Waals surface area contributed by atoms with Gasteiger partial charge in [-0.3, -0.25) is 4.79 Å². The number of amides is 1. The predicted octanol–water partition coefficient (Wildman–Crippen LogP) is 0.439. The molecule has 1 atom stereocenters. The Morgan fingerprint density at radius 2 is 2.40 bits per heavy atom. The van der Waals surface area contributed by atoms with Gasteiger partial charge in [-0.15, -0.1) is 0 Å². The van der Waals surface area contributed by atoms with E-state index in [1.54, 1.807) is 26.1 Å². The standard InChI is InChI=1S/C10H12N2O3/c1-7-6-11(2)10(13)9(12(7)14)8-4-3-5-15-8/h3-5,7H,6H2,1-2H3. The van der Waals surface area contributed by atoms with E-state index in [0.717, 1.165) is 4.74 Å². The summed E-state index contributed by atoms with van der Waals surface area (Å²) in [6.07, 6.45) is 1.45. The van der Waals surface area contributed by atoms with Crippen molar-refractivity contribution in [2.24, 2.45) is 0 Å². The number of hydroxylamine groups is 1. The molecule has 0 fully saturated rings. The molecule has 0 radical (unpaired) electrons. The highest BCUT2D eigenvalue weighted by Gasteiger charge is 2.36. The van der Waals surface area contributed by atoms with Gasteiger partial charge in [0.25, 0.3) is 0 Å². The Bertz CT molecular complexity index is 408. The molecule has 2 heterocycles. The second-order valence-corrected chi connectivity index (χ2v) is 3.69. The number of hydrogen-bond acceptors (Lipinski definition) is 3. The largest absolute Gasteiger partial charge is 0.623 e. The van der Waals surface area contributed by atoms with Crippen molar-refractivity contribution in [2.75, 3.05) is 13.6 Å².